The van der Waals surface area contributed by atoms with Crippen LogP contribution in [0.4, 0.5) is 0 Å². The van der Waals surface area contributed by atoms with Gasteiger partial charge < -0.3 is 4.57 Å². The number of hydrogen-bond acceptors (Lipinski definition) is 0. The number of allylic oxidation sites excluding steroid dienone is 4. The molecule has 7 aromatic rings. The highest BCUT2D eigenvalue weighted by molar-refractivity contribution is 6.10. The Morgan fingerprint density at radius 1 is 0.553 bits per heavy atom. The van der Waals surface area contributed by atoms with E-state index in [4.69, 9.17) is 0 Å². The lowest BCUT2D eigenvalue weighted by Crippen LogP contribution is -2.14. The van der Waals surface area contributed by atoms with Crippen molar-refractivity contribution in [3.05, 3.63) is 173 Å². The summed E-state index contributed by atoms with van der Waals surface area (Å²) in [7, 11) is 0. The Bertz CT molecular complexity index is 2300. The fourth-order valence-electron chi connectivity index (χ4n) is 7.30. The summed E-state index contributed by atoms with van der Waals surface area (Å²) in [4.78, 5) is 0. The van der Waals surface area contributed by atoms with Crippen LogP contribution in [-0.2, 0) is 5.41 Å². The van der Waals surface area contributed by atoms with Gasteiger partial charge in [-0.15, -0.1) is 0 Å². The van der Waals surface area contributed by atoms with Crippen LogP contribution < -0.4 is 0 Å². The Kier molecular flexibility index (Phi) is 8.16. The van der Waals surface area contributed by atoms with Gasteiger partial charge in [0.1, 0.15) is 0 Å². The molecule has 0 amide bonds. The maximum absolute atomic E-state index is 2.40. The van der Waals surface area contributed by atoms with Gasteiger partial charge in [-0.2, -0.15) is 0 Å². The molecule has 2 aliphatic rings. The summed E-state index contributed by atoms with van der Waals surface area (Å²) in [5.74, 6) is 0. The SMILES string of the molecule is CC1=CC=CCC1.Cc1ccc2c(c1)-c1ccccc1C2(C)C.Cc1ccc2c3ccccc3n(-c3cccc4ccccc34)c2c1. The molecule has 1 heterocycles. The van der Waals surface area contributed by atoms with Crippen molar-refractivity contribution in [2.24, 2.45) is 0 Å². The Morgan fingerprint density at radius 3 is 2.00 bits per heavy atom. The van der Waals surface area contributed by atoms with E-state index in [9.17, 15) is 0 Å². The summed E-state index contributed by atoms with van der Waals surface area (Å²) in [5, 5.41) is 5.17. The standard InChI is InChI=1S/C23H17N.C16H16.C7H10/c1-16-13-14-20-19-10-4-5-11-22(19)24(23(20)15-16)21-12-6-8-17-7-2-3-9-18(17)21;1-11-8-9-15-13(10-11)12-6-4-5-7-14(12)16(15,2)3;1-7-5-3-2-4-6-7/h2-15H,1H3;4-10H,1-3H3;2-3,5H,4,6H2,1H3. The Balaban J connectivity index is 0.000000131. The lowest BCUT2D eigenvalue weighted by atomic mass is 9.82. The van der Waals surface area contributed by atoms with E-state index in [1.54, 1.807) is 0 Å². The van der Waals surface area contributed by atoms with Gasteiger partial charge in [0.05, 0.1) is 16.7 Å². The molecule has 1 heteroatoms. The largest absolute Gasteiger partial charge is 0.309 e. The summed E-state index contributed by atoms with van der Waals surface area (Å²) in [6.07, 6.45) is 8.99. The van der Waals surface area contributed by atoms with Gasteiger partial charge in [0.25, 0.3) is 0 Å². The van der Waals surface area contributed by atoms with Crippen LogP contribution in [0.25, 0.3) is 49.4 Å². The normalized spacial score (nSPS) is 14.1. The zero-order chi connectivity index (χ0) is 32.5. The second-order valence-corrected chi connectivity index (χ2v) is 13.6. The molecule has 1 aromatic heterocycles. The molecule has 0 aliphatic heterocycles. The minimum absolute atomic E-state index is 0.152. The molecule has 0 bridgehead atoms. The van der Waals surface area contributed by atoms with Gasteiger partial charge >= 0.3 is 0 Å². The number of para-hydroxylation sites is 1. The molecule has 0 fully saturated rings. The molecule has 0 unspecified atom stereocenters. The fraction of sp³-hybridized carbons (Fsp3) is 0.174. The van der Waals surface area contributed by atoms with Gasteiger partial charge in [-0.25, -0.2) is 0 Å². The van der Waals surface area contributed by atoms with E-state index in [0.29, 0.717) is 0 Å². The van der Waals surface area contributed by atoms with Crippen LogP contribution in [-0.4, -0.2) is 4.57 Å². The average Bonchev–Trinajstić information content (AvgIpc) is 3.53. The van der Waals surface area contributed by atoms with Crippen molar-refractivity contribution in [1.82, 2.24) is 4.57 Å². The van der Waals surface area contributed by atoms with Crippen LogP contribution in [0.1, 0.15) is 55.9 Å². The van der Waals surface area contributed by atoms with Gasteiger partial charge in [-0.05, 0) is 85.0 Å². The van der Waals surface area contributed by atoms with Crippen LogP contribution in [0.15, 0.2) is 151 Å². The maximum atomic E-state index is 2.40. The van der Waals surface area contributed by atoms with Gasteiger partial charge in [-0.3, -0.25) is 0 Å². The molecule has 0 atom stereocenters. The molecule has 0 saturated heterocycles. The van der Waals surface area contributed by atoms with Crippen LogP contribution in [0.5, 0.6) is 0 Å². The van der Waals surface area contributed by atoms with Crippen molar-refractivity contribution in [3.8, 4) is 16.8 Å². The third-order valence-corrected chi connectivity index (χ3v) is 9.80. The quantitative estimate of drug-likeness (QED) is 0.174. The number of benzene rings is 6. The molecular formula is C46H43N. The number of aryl methyl sites for hydroxylation is 2. The second kappa shape index (κ2) is 12.6. The van der Waals surface area contributed by atoms with Crippen molar-refractivity contribution in [1.29, 1.82) is 0 Å². The minimum atomic E-state index is 0.152. The molecular weight excluding hydrogens is 567 g/mol. The zero-order valence-electron chi connectivity index (χ0n) is 28.2. The van der Waals surface area contributed by atoms with Gasteiger partial charge in [0.15, 0.2) is 0 Å². The Morgan fingerprint density at radius 2 is 1.21 bits per heavy atom. The van der Waals surface area contributed by atoms with E-state index < -0.39 is 0 Å². The monoisotopic (exact) mass is 609 g/mol. The van der Waals surface area contributed by atoms with E-state index in [-0.39, 0.29) is 5.41 Å². The third kappa shape index (κ3) is 5.72. The fourth-order valence-corrected chi connectivity index (χ4v) is 7.30. The average molecular weight is 610 g/mol. The van der Waals surface area contributed by atoms with Crippen LogP contribution >= 0.6 is 0 Å². The highest BCUT2D eigenvalue weighted by atomic mass is 15.0. The van der Waals surface area contributed by atoms with Crippen molar-refractivity contribution < 1.29 is 0 Å². The lowest BCUT2D eigenvalue weighted by Gasteiger charge is -2.21. The zero-order valence-corrected chi connectivity index (χ0v) is 28.2. The predicted octanol–water partition coefficient (Wildman–Crippen LogP) is 12.8. The maximum Gasteiger partial charge on any atom is 0.0543 e. The highest BCUT2D eigenvalue weighted by Gasteiger charge is 2.34. The first kappa shape index (κ1) is 30.5. The number of hydrogen-bond donors (Lipinski definition) is 0. The van der Waals surface area contributed by atoms with Gasteiger partial charge in [-0.1, -0.05) is 152 Å². The molecule has 6 aromatic carbocycles. The second-order valence-electron chi connectivity index (χ2n) is 13.6. The molecule has 47 heavy (non-hydrogen) atoms. The van der Waals surface area contributed by atoms with Crippen molar-refractivity contribution in [2.45, 2.75) is 52.9 Å². The van der Waals surface area contributed by atoms with Crippen LogP contribution in [0, 0.1) is 13.8 Å². The Hall–Kier alpha value is -5.14. The summed E-state index contributed by atoms with van der Waals surface area (Å²) >= 11 is 0. The molecule has 9 rings (SSSR count). The number of nitrogens with zero attached hydrogens (tertiary/aromatic N) is 1. The molecule has 1 nitrogen and oxygen atoms in total. The molecule has 0 N–H and O–H groups in total. The predicted molar refractivity (Wildman–Crippen MR) is 204 cm³/mol. The Labute approximate surface area is 279 Å². The van der Waals surface area contributed by atoms with E-state index in [1.807, 2.05) is 0 Å². The first-order valence-corrected chi connectivity index (χ1v) is 16.8. The van der Waals surface area contributed by atoms with Crippen molar-refractivity contribution >= 4 is 32.6 Å². The van der Waals surface area contributed by atoms with Crippen LogP contribution in [0.3, 0.4) is 0 Å². The van der Waals surface area contributed by atoms with Crippen LogP contribution in [0.2, 0.25) is 0 Å². The van der Waals surface area contributed by atoms with Crippen molar-refractivity contribution in [3.63, 3.8) is 0 Å². The van der Waals surface area contributed by atoms with Gasteiger partial charge in [0.2, 0.25) is 0 Å². The van der Waals surface area contributed by atoms with Gasteiger partial charge in [0, 0.05) is 21.6 Å². The molecule has 232 valence electrons. The van der Waals surface area contributed by atoms with E-state index >= 15 is 0 Å². The minimum Gasteiger partial charge on any atom is -0.309 e. The summed E-state index contributed by atoms with van der Waals surface area (Å²) in [6.45, 7) is 11.1. The number of fused-ring (bicyclic) bond motifs is 7. The number of rotatable bonds is 1. The van der Waals surface area contributed by atoms with E-state index in [1.165, 1.54) is 90.1 Å². The molecule has 0 saturated carbocycles. The summed E-state index contributed by atoms with van der Waals surface area (Å²) in [5.41, 5.74) is 13.8. The van der Waals surface area contributed by atoms with E-state index in [0.717, 1.165) is 0 Å². The molecule has 2 aliphatic carbocycles. The van der Waals surface area contributed by atoms with E-state index in [2.05, 4.69) is 185 Å². The lowest BCUT2D eigenvalue weighted by molar-refractivity contribution is 0.660. The molecule has 0 spiro atoms. The van der Waals surface area contributed by atoms with Crippen molar-refractivity contribution in [2.75, 3.05) is 0 Å². The highest BCUT2D eigenvalue weighted by Crippen LogP contribution is 2.48. The first-order chi connectivity index (χ1) is 22.8. The summed E-state index contributed by atoms with van der Waals surface area (Å²) < 4.78 is 2.40. The molecule has 0 radical (unpaired) electrons. The topological polar surface area (TPSA) is 4.93 Å². The third-order valence-electron chi connectivity index (χ3n) is 9.80. The smallest absolute Gasteiger partial charge is 0.0543 e. The summed E-state index contributed by atoms with van der Waals surface area (Å²) in [6, 6.07) is 46.1. The number of aromatic nitrogens is 1. The first-order valence-electron chi connectivity index (χ1n) is 16.8.